The number of hydrogen-bond donors (Lipinski definition) is 1. The van der Waals surface area contributed by atoms with Gasteiger partial charge in [0, 0.05) is 5.39 Å². The van der Waals surface area contributed by atoms with Gasteiger partial charge < -0.3 is 23.7 Å². The Kier molecular flexibility index (Phi) is 8.34. The summed E-state index contributed by atoms with van der Waals surface area (Å²) in [6.07, 6.45) is 0.612. The summed E-state index contributed by atoms with van der Waals surface area (Å²) in [6, 6.07) is 23.7. The monoisotopic (exact) mass is 606 g/mol. The summed E-state index contributed by atoms with van der Waals surface area (Å²) in [4.78, 5) is 26.3. The first-order valence-electron chi connectivity index (χ1n) is 15.4. The quantitative estimate of drug-likeness (QED) is 0.157. The molecule has 0 bridgehead atoms. The van der Waals surface area contributed by atoms with Gasteiger partial charge in [-0.2, -0.15) is 0 Å². The first-order valence-corrected chi connectivity index (χ1v) is 15.4. The molecule has 1 amide bonds. The van der Waals surface area contributed by atoms with E-state index in [-0.39, 0.29) is 30.9 Å². The molecule has 0 saturated heterocycles. The summed E-state index contributed by atoms with van der Waals surface area (Å²) in [7, 11) is 0. The van der Waals surface area contributed by atoms with Gasteiger partial charge >= 0.3 is 5.97 Å². The van der Waals surface area contributed by atoms with Crippen LogP contribution in [0, 0.1) is 27.7 Å². The number of hydrogen-bond acceptors (Lipinski definition) is 7. The van der Waals surface area contributed by atoms with Crippen molar-refractivity contribution < 1.29 is 28.0 Å². The Morgan fingerprint density at radius 1 is 0.978 bits per heavy atom. The predicted molar refractivity (Wildman–Crippen MR) is 170 cm³/mol. The first kappa shape index (κ1) is 30.3. The smallest absolute Gasteiger partial charge is 0.338 e. The Hall–Kier alpha value is -4.69. The van der Waals surface area contributed by atoms with Crippen LogP contribution >= 0.6 is 0 Å². The highest BCUT2D eigenvalue weighted by Crippen LogP contribution is 2.47. The van der Waals surface area contributed by atoms with Gasteiger partial charge in [0.15, 0.2) is 5.60 Å². The highest BCUT2D eigenvalue weighted by atomic mass is 16.6. The van der Waals surface area contributed by atoms with Crippen LogP contribution in [-0.4, -0.2) is 29.2 Å². The highest BCUT2D eigenvalue weighted by Gasteiger charge is 2.55. The van der Waals surface area contributed by atoms with Gasteiger partial charge in [0.25, 0.3) is 0 Å². The maximum atomic E-state index is 13.5. The van der Waals surface area contributed by atoms with E-state index < -0.39 is 11.7 Å². The lowest BCUT2D eigenvalue weighted by atomic mass is 9.93. The molecule has 6 rings (SSSR count). The molecule has 45 heavy (non-hydrogen) atoms. The molecule has 0 radical (unpaired) electrons. The fourth-order valence-electron chi connectivity index (χ4n) is 5.98. The molecule has 5 aromatic rings. The van der Waals surface area contributed by atoms with E-state index in [4.69, 9.17) is 18.4 Å². The van der Waals surface area contributed by atoms with Gasteiger partial charge in [-0.15, -0.1) is 0 Å². The van der Waals surface area contributed by atoms with Crippen molar-refractivity contribution in [2.75, 3.05) is 6.61 Å². The third kappa shape index (κ3) is 6.28. The average Bonchev–Trinajstić information content (AvgIpc) is 3.57. The Morgan fingerprint density at radius 3 is 2.42 bits per heavy atom. The number of rotatable bonds is 11. The summed E-state index contributed by atoms with van der Waals surface area (Å²) < 4.78 is 23.6. The molecule has 2 atom stereocenters. The molecule has 1 saturated carbocycles. The number of benzene rings is 3. The van der Waals surface area contributed by atoms with Crippen molar-refractivity contribution in [1.82, 2.24) is 10.5 Å². The zero-order valence-corrected chi connectivity index (χ0v) is 26.3. The normalized spacial score (nSPS) is 15.0. The van der Waals surface area contributed by atoms with Crippen molar-refractivity contribution in [2.45, 2.75) is 71.6 Å². The van der Waals surface area contributed by atoms with Crippen molar-refractivity contribution in [3.8, 4) is 0 Å². The molecule has 0 aliphatic heterocycles. The Labute approximate surface area is 262 Å². The van der Waals surface area contributed by atoms with Crippen LogP contribution in [0.2, 0.25) is 0 Å². The number of carbonyl (C=O) groups is 2. The molecular weight excluding hydrogens is 568 g/mol. The zero-order chi connectivity index (χ0) is 31.7. The van der Waals surface area contributed by atoms with Crippen LogP contribution in [0.25, 0.3) is 11.0 Å². The van der Waals surface area contributed by atoms with Crippen molar-refractivity contribution in [3.63, 3.8) is 0 Å². The molecule has 1 N–H and O–H groups in total. The van der Waals surface area contributed by atoms with E-state index in [0.29, 0.717) is 35.6 Å². The van der Waals surface area contributed by atoms with Gasteiger partial charge in [-0.3, -0.25) is 4.79 Å². The van der Waals surface area contributed by atoms with E-state index in [2.05, 4.69) is 42.5 Å². The Bertz CT molecular complexity index is 1830. The highest BCUT2D eigenvalue weighted by molar-refractivity contribution is 5.84. The SMILES string of the molecule is CCOC(=O)C1(O[C@H](c2cc3cc(CC(=O)N[C@@H](c4ccccc4)c4ccc(C)cc4C)ccc3o2)c2c(C)noc2C)CC1. The van der Waals surface area contributed by atoms with Crippen molar-refractivity contribution in [1.29, 1.82) is 0 Å². The molecule has 2 aromatic heterocycles. The summed E-state index contributed by atoms with van der Waals surface area (Å²) in [6.45, 7) is 9.85. The molecule has 8 nitrogen and oxygen atoms in total. The number of ether oxygens (including phenoxy) is 2. The minimum atomic E-state index is -1.02. The maximum absolute atomic E-state index is 13.5. The van der Waals surface area contributed by atoms with Crippen LogP contribution < -0.4 is 5.32 Å². The lowest BCUT2D eigenvalue weighted by molar-refractivity contribution is -0.164. The maximum Gasteiger partial charge on any atom is 0.338 e. The van der Waals surface area contributed by atoms with Gasteiger partial charge in [0.1, 0.15) is 23.2 Å². The molecule has 8 heteroatoms. The minimum Gasteiger partial charge on any atom is -0.464 e. The van der Waals surface area contributed by atoms with Crippen molar-refractivity contribution in [3.05, 3.63) is 123 Å². The topological polar surface area (TPSA) is 104 Å². The number of aromatic nitrogens is 1. The summed E-state index contributed by atoms with van der Waals surface area (Å²) in [5, 5.41) is 8.21. The van der Waals surface area contributed by atoms with Gasteiger partial charge in [0.2, 0.25) is 5.91 Å². The second-order valence-corrected chi connectivity index (χ2v) is 11.9. The van der Waals surface area contributed by atoms with Crippen molar-refractivity contribution >= 4 is 22.8 Å². The molecular formula is C37H38N2O6. The van der Waals surface area contributed by atoms with E-state index in [1.54, 1.807) is 6.92 Å². The number of amides is 1. The lowest BCUT2D eigenvalue weighted by Gasteiger charge is -2.22. The van der Waals surface area contributed by atoms with Crippen LogP contribution in [0.4, 0.5) is 0 Å². The second-order valence-electron chi connectivity index (χ2n) is 11.9. The lowest BCUT2D eigenvalue weighted by Crippen LogP contribution is -2.31. The fraction of sp³-hybridized carbons (Fsp3) is 0.324. The van der Waals surface area contributed by atoms with Crippen LogP contribution in [0.5, 0.6) is 0 Å². The number of carbonyl (C=O) groups excluding carboxylic acids is 2. The van der Waals surface area contributed by atoms with Crippen LogP contribution in [-0.2, 0) is 25.5 Å². The molecule has 1 aliphatic carbocycles. The van der Waals surface area contributed by atoms with Gasteiger partial charge in [-0.1, -0.05) is 65.3 Å². The molecule has 1 aliphatic rings. The molecule has 2 heterocycles. The average molecular weight is 607 g/mol. The largest absolute Gasteiger partial charge is 0.464 e. The number of esters is 1. The summed E-state index contributed by atoms with van der Waals surface area (Å²) in [5.41, 5.74) is 6.25. The van der Waals surface area contributed by atoms with Gasteiger partial charge in [-0.25, -0.2) is 4.79 Å². The molecule has 0 unspecified atom stereocenters. The molecule has 0 spiro atoms. The number of fused-ring (bicyclic) bond motifs is 1. The first-order chi connectivity index (χ1) is 21.7. The van der Waals surface area contributed by atoms with E-state index >= 15 is 0 Å². The summed E-state index contributed by atoms with van der Waals surface area (Å²) in [5.74, 6) is 0.650. The van der Waals surface area contributed by atoms with E-state index in [0.717, 1.165) is 33.2 Å². The van der Waals surface area contributed by atoms with E-state index in [9.17, 15) is 9.59 Å². The van der Waals surface area contributed by atoms with Crippen LogP contribution in [0.15, 0.2) is 81.7 Å². The van der Waals surface area contributed by atoms with Gasteiger partial charge in [0.05, 0.1) is 30.3 Å². The van der Waals surface area contributed by atoms with Gasteiger partial charge in [-0.05, 0) is 87.9 Å². The third-order valence-corrected chi connectivity index (χ3v) is 8.44. The molecule has 1 fully saturated rings. The number of nitrogens with zero attached hydrogens (tertiary/aromatic N) is 1. The fourth-order valence-corrected chi connectivity index (χ4v) is 5.98. The Balaban J connectivity index is 1.26. The minimum absolute atomic E-state index is 0.0889. The number of furan rings is 1. The predicted octanol–water partition coefficient (Wildman–Crippen LogP) is 7.30. The molecule has 232 valence electrons. The van der Waals surface area contributed by atoms with Crippen LogP contribution in [0.1, 0.15) is 82.5 Å². The third-order valence-electron chi connectivity index (χ3n) is 8.44. The second kappa shape index (κ2) is 12.4. The summed E-state index contributed by atoms with van der Waals surface area (Å²) >= 11 is 0. The Morgan fingerprint density at radius 2 is 1.76 bits per heavy atom. The number of nitrogens with one attached hydrogen (secondary N) is 1. The number of aryl methyl sites for hydroxylation is 4. The van der Waals surface area contributed by atoms with E-state index in [1.807, 2.05) is 68.4 Å². The van der Waals surface area contributed by atoms with Crippen LogP contribution in [0.3, 0.4) is 0 Å². The standard InChI is InChI=1S/C37H38N2O6/c1-6-42-36(41)37(16-17-37)44-35(33-24(4)39-45-25(33)5)31-21-28-19-26(13-15-30(28)43-31)20-32(40)38-34(27-10-8-7-9-11-27)29-14-12-22(2)18-23(29)3/h7-15,18-19,21,34-35H,6,16-17,20H2,1-5H3,(H,38,40)/t34-,35+/m0/s1. The molecule has 3 aromatic carbocycles. The van der Waals surface area contributed by atoms with E-state index in [1.165, 1.54) is 5.56 Å². The van der Waals surface area contributed by atoms with Crippen molar-refractivity contribution in [2.24, 2.45) is 0 Å². The zero-order valence-electron chi connectivity index (χ0n) is 26.3.